The predicted molar refractivity (Wildman–Crippen MR) is 61.2 cm³/mol. The van der Waals surface area contributed by atoms with Crippen molar-refractivity contribution < 1.29 is 14.6 Å². The molecular formula is C9H11N3O6. The molecule has 0 aromatic carbocycles. The van der Waals surface area contributed by atoms with Crippen LogP contribution in [0.3, 0.4) is 0 Å². The molecule has 0 aliphatic heterocycles. The van der Waals surface area contributed by atoms with Crippen molar-refractivity contribution in [3.8, 4) is 0 Å². The first kappa shape index (κ1) is 15.2. The number of hydrogen-bond acceptors (Lipinski definition) is 6. The summed E-state index contributed by atoms with van der Waals surface area (Å²) in [5.74, 6) is -0.492. The average Bonchev–Trinajstić information content (AvgIpc) is 2.28. The number of hydrogen-bond donors (Lipinski definition) is 4. The zero-order valence-corrected chi connectivity index (χ0v) is 9.13. The van der Waals surface area contributed by atoms with Crippen molar-refractivity contribution in [2.45, 2.75) is 0 Å². The Hall–Kier alpha value is -2.84. The van der Waals surface area contributed by atoms with E-state index in [0.717, 1.165) is 12.3 Å². The first-order valence-corrected chi connectivity index (χ1v) is 4.51. The Balaban J connectivity index is 0.000000321. The maximum Gasteiger partial charge on any atom is 0.330 e. The van der Waals surface area contributed by atoms with Crippen molar-refractivity contribution in [1.82, 2.24) is 15.0 Å². The number of carbonyl (C=O) groups excluding carboxylic acids is 1. The lowest BCUT2D eigenvalue weighted by molar-refractivity contribution is -0.136. The fraction of sp³-hybridized carbons (Fsp3) is 0.111. The van der Waals surface area contributed by atoms with Gasteiger partial charge in [-0.05, 0) is 6.08 Å². The molecule has 9 nitrogen and oxygen atoms in total. The Bertz CT molecular complexity index is 500. The second-order valence-electron chi connectivity index (χ2n) is 2.58. The van der Waals surface area contributed by atoms with Gasteiger partial charge in [-0.2, -0.15) is 0 Å². The average molecular weight is 257 g/mol. The third kappa shape index (κ3) is 7.45. The monoisotopic (exact) mass is 257 g/mol. The number of esters is 1. The highest BCUT2D eigenvalue weighted by Gasteiger charge is 1.89. The Morgan fingerprint density at radius 3 is 1.94 bits per heavy atom. The summed E-state index contributed by atoms with van der Waals surface area (Å²) in [6.07, 6.45) is 3.18. The summed E-state index contributed by atoms with van der Waals surface area (Å²) in [6, 6.07) is 0. The van der Waals surface area contributed by atoms with E-state index in [1.807, 2.05) is 0 Å². The molecule has 0 bridgehead atoms. The predicted octanol–water partition coefficient (Wildman–Crippen LogP) is -1.46. The van der Waals surface area contributed by atoms with Crippen LogP contribution in [-0.4, -0.2) is 32.6 Å². The Morgan fingerprint density at radius 2 is 1.61 bits per heavy atom. The zero-order valence-electron chi connectivity index (χ0n) is 9.13. The molecule has 0 amide bonds. The first-order valence-electron chi connectivity index (χ1n) is 4.51. The summed E-state index contributed by atoms with van der Waals surface area (Å²) in [5.41, 5.74) is -2.41. The minimum atomic E-state index is -0.802. The molecule has 18 heavy (non-hydrogen) atoms. The van der Waals surface area contributed by atoms with Gasteiger partial charge in [-0.15, -0.1) is 0 Å². The van der Waals surface area contributed by atoms with Crippen LogP contribution in [0, 0.1) is 0 Å². The van der Waals surface area contributed by atoms with Gasteiger partial charge in [-0.25, -0.2) is 19.2 Å². The molecule has 0 radical (unpaired) electrons. The van der Waals surface area contributed by atoms with Crippen molar-refractivity contribution in [3.63, 3.8) is 0 Å². The van der Waals surface area contributed by atoms with Crippen LogP contribution in [0.4, 0.5) is 0 Å². The van der Waals surface area contributed by atoms with Crippen LogP contribution in [-0.2, 0) is 9.53 Å². The third-order valence-electron chi connectivity index (χ3n) is 1.28. The van der Waals surface area contributed by atoms with Gasteiger partial charge in [0.2, 0.25) is 0 Å². The van der Waals surface area contributed by atoms with E-state index in [-0.39, 0.29) is 6.61 Å². The minimum Gasteiger partial charge on any atom is -0.516 e. The number of H-pyrrole nitrogens is 3. The normalized spacial score (nSPS) is 9.33. The molecule has 0 aliphatic carbocycles. The number of rotatable bonds is 3. The van der Waals surface area contributed by atoms with E-state index in [4.69, 9.17) is 5.11 Å². The number of aromatic nitrogens is 3. The van der Waals surface area contributed by atoms with Gasteiger partial charge < -0.3 is 9.84 Å². The van der Waals surface area contributed by atoms with Crippen molar-refractivity contribution in [2.24, 2.45) is 0 Å². The molecule has 0 spiro atoms. The number of carbonyl (C=O) groups is 1. The molecule has 1 aromatic rings. The topological polar surface area (TPSA) is 145 Å². The SMILES string of the molecule is C=CC(=O)OCC=CO.O=c1[nH]c(=O)[nH]c(=O)[nH]1. The van der Waals surface area contributed by atoms with Gasteiger partial charge in [0, 0.05) is 6.08 Å². The molecule has 0 aliphatic rings. The number of ether oxygens (including phenoxy) is 1. The van der Waals surface area contributed by atoms with Crippen molar-refractivity contribution in [1.29, 1.82) is 0 Å². The van der Waals surface area contributed by atoms with Gasteiger partial charge in [-0.1, -0.05) is 6.58 Å². The van der Waals surface area contributed by atoms with Gasteiger partial charge >= 0.3 is 23.0 Å². The van der Waals surface area contributed by atoms with E-state index < -0.39 is 23.0 Å². The Morgan fingerprint density at radius 1 is 1.17 bits per heavy atom. The quantitative estimate of drug-likeness (QED) is 0.296. The number of aliphatic hydroxyl groups excluding tert-OH is 1. The standard InChI is InChI=1S/C6H8O3.C3H3N3O3/c1-2-6(8)9-5-3-4-7;7-1-4-2(8)6-3(9)5-1/h2-4,7H,1,5H2;(H3,4,5,6,7,8,9). The largest absolute Gasteiger partial charge is 0.516 e. The second kappa shape index (κ2) is 8.33. The lowest BCUT2D eigenvalue weighted by atomic mass is 10.6. The number of aliphatic hydroxyl groups is 1. The lowest BCUT2D eigenvalue weighted by Crippen LogP contribution is -2.34. The summed E-state index contributed by atoms with van der Waals surface area (Å²) in [5, 5.41) is 8.05. The molecule has 1 heterocycles. The fourth-order valence-electron chi connectivity index (χ4n) is 0.635. The van der Waals surface area contributed by atoms with Crippen LogP contribution in [0.1, 0.15) is 0 Å². The third-order valence-corrected chi connectivity index (χ3v) is 1.28. The Kier molecular flexibility index (Phi) is 7.01. The Labute approximate surface area is 99.5 Å². The lowest BCUT2D eigenvalue weighted by Gasteiger charge is -1.92. The highest BCUT2D eigenvalue weighted by molar-refractivity contribution is 5.81. The van der Waals surface area contributed by atoms with Crippen molar-refractivity contribution in [2.75, 3.05) is 6.61 Å². The molecule has 0 saturated carbocycles. The summed E-state index contributed by atoms with van der Waals surface area (Å²) in [6.45, 7) is 3.26. The number of nitrogens with one attached hydrogen (secondary N) is 3. The maximum absolute atomic E-state index is 10.2. The van der Waals surface area contributed by atoms with Crippen LogP contribution < -0.4 is 17.1 Å². The molecule has 0 fully saturated rings. The smallest absolute Gasteiger partial charge is 0.330 e. The molecule has 4 N–H and O–H groups in total. The molecule has 0 atom stereocenters. The van der Waals surface area contributed by atoms with Gasteiger partial charge in [0.05, 0.1) is 6.26 Å². The number of aromatic amines is 3. The van der Waals surface area contributed by atoms with Crippen LogP contribution in [0.15, 0.2) is 39.4 Å². The molecule has 0 unspecified atom stereocenters. The zero-order chi connectivity index (χ0) is 14.0. The summed E-state index contributed by atoms with van der Waals surface area (Å²) < 4.78 is 4.43. The van der Waals surface area contributed by atoms with Gasteiger partial charge in [0.1, 0.15) is 6.61 Å². The van der Waals surface area contributed by atoms with E-state index in [1.165, 1.54) is 6.08 Å². The molecule has 1 aromatic heterocycles. The molecule has 98 valence electrons. The van der Waals surface area contributed by atoms with Crippen LogP contribution in [0.2, 0.25) is 0 Å². The van der Waals surface area contributed by atoms with Crippen molar-refractivity contribution in [3.05, 3.63) is 56.4 Å². The van der Waals surface area contributed by atoms with Crippen LogP contribution in [0.25, 0.3) is 0 Å². The van der Waals surface area contributed by atoms with E-state index in [0.29, 0.717) is 0 Å². The van der Waals surface area contributed by atoms with Gasteiger partial charge in [-0.3, -0.25) is 15.0 Å². The molecule has 0 saturated heterocycles. The molecular weight excluding hydrogens is 246 g/mol. The summed E-state index contributed by atoms with van der Waals surface area (Å²) >= 11 is 0. The maximum atomic E-state index is 10.2. The van der Waals surface area contributed by atoms with E-state index >= 15 is 0 Å². The van der Waals surface area contributed by atoms with E-state index in [9.17, 15) is 19.2 Å². The molecule has 9 heteroatoms. The van der Waals surface area contributed by atoms with Gasteiger partial charge in [0.15, 0.2) is 0 Å². The van der Waals surface area contributed by atoms with E-state index in [1.54, 1.807) is 15.0 Å². The summed E-state index contributed by atoms with van der Waals surface area (Å²) in [7, 11) is 0. The highest BCUT2D eigenvalue weighted by atomic mass is 16.5. The highest BCUT2D eigenvalue weighted by Crippen LogP contribution is 1.78. The van der Waals surface area contributed by atoms with Crippen LogP contribution in [0.5, 0.6) is 0 Å². The van der Waals surface area contributed by atoms with E-state index in [2.05, 4.69) is 11.3 Å². The minimum absolute atomic E-state index is 0.0847. The van der Waals surface area contributed by atoms with Crippen molar-refractivity contribution >= 4 is 5.97 Å². The molecule has 1 rings (SSSR count). The van der Waals surface area contributed by atoms with Crippen LogP contribution >= 0.6 is 0 Å². The van der Waals surface area contributed by atoms with Gasteiger partial charge in [0.25, 0.3) is 0 Å². The summed E-state index contributed by atoms with van der Waals surface area (Å²) in [4.78, 5) is 46.1. The fourth-order valence-corrected chi connectivity index (χ4v) is 0.635. The second-order valence-corrected chi connectivity index (χ2v) is 2.58. The first-order chi connectivity index (χ1) is 8.49.